The van der Waals surface area contributed by atoms with E-state index in [1.165, 1.54) is 0 Å². The molecule has 5 nitrogen and oxygen atoms in total. The fraction of sp³-hybridized carbons (Fsp3) is 0.467. The van der Waals surface area contributed by atoms with Crippen molar-refractivity contribution in [1.82, 2.24) is 15.1 Å². The van der Waals surface area contributed by atoms with Gasteiger partial charge in [-0.05, 0) is 31.3 Å². The standard InChI is InChI=1S/C15H21N3O2S/c1-12-3-2-4-13(11-12)14(20)16-15(21)18-7-5-17(6-8-18)9-10-19/h2-4,11,19H,5-10H2,1H3,(H,16,20,21). The van der Waals surface area contributed by atoms with Crippen molar-refractivity contribution in [3.63, 3.8) is 0 Å². The lowest BCUT2D eigenvalue weighted by atomic mass is 10.1. The minimum atomic E-state index is -0.165. The Balaban J connectivity index is 1.86. The number of aryl methyl sites for hydroxylation is 1. The van der Waals surface area contributed by atoms with Crippen LogP contribution in [0.2, 0.25) is 0 Å². The summed E-state index contributed by atoms with van der Waals surface area (Å²) >= 11 is 5.31. The molecule has 0 unspecified atom stereocenters. The Hall–Kier alpha value is -1.50. The molecule has 0 aromatic heterocycles. The van der Waals surface area contributed by atoms with Gasteiger partial charge in [-0.15, -0.1) is 0 Å². The Bertz CT molecular complexity index is 513. The molecule has 1 aliphatic rings. The second kappa shape index (κ2) is 7.49. The number of β-amino-alcohol motifs (C(OH)–C–C–N with tert-alkyl or cyclic N) is 1. The fourth-order valence-corrected chi connectivity index (χ4v) is 2.63. The first-order valence-corrected chi connectivity index (χ1v) is 7.51. The molecule has 1 aliphatic heterocycles. The molecule has 1 aromatic rings. The lowest BCUT2D eigenvalue weighted by Crippen LogP contribution is -2.53. The smallest absolute Gasteiger partial charge is 0.257 e. The van der Waals surface area contributed by atoms with Gasteiger partial charge in [0.05, 0.1) is 6.61 Å². The quantitative estimate of drug-likeness (QED) is 0.802. The monoisotopic (exact) mass is 307 g/mol. The van der Waals surface area contributed by atoms with E-state index in [1.807, 2.05) is 30.0 Å². The van der Waals surface area contributed by atoms with Crippen molar-refractivity contribution < 1.29 is 9.90 Å². The maximum Gasteiger partial charge on any atom is 0.257 e. The van der Waals surface area contributed by atoms with Crippen LogP contribution in [0.4, 0.5) is 0 Å². The Morgan fingerprint density at radius 1 is 1.33 bits per heavy atom. The lowest BCUT2D eigenvalue weighted by molar-refractivity contribution is 0.0968. The van der Waals surface area contributed by atoms with Gasteiger partial charge >= 0.3 is 0 Å². The number of nitrogens with zero attached hydrogens (tertiary/aromatic N) is 2. The van der Waals surface area contributed by atoms with Crippen LogP contribution in [0.5, 0.6) is 0 Å². The van der Waals surface area contributed by atoms with E-state index in [9.17, 15) is 4.79 Å². The van der Waals surface area contributed by atoms with Gasteiger partial charge in [0.25, 0.3) is 5.91 Å². The van der Waals surface area contributed by atoms with Crippen molar-refractivity contribution in [1.29, 1.82) is 0 Å². The predicted molar refractivity (Wildman–Crippen MR) is 86.3 cm³/mol. The lowest BCUT2D eigenvalue weighted by Gasteiger charge is -2.35. The van der Waals surface area contributed by atoms with Gasteiger partial charge in [0.2, 0.25) is 0 Å². The van der Waals surface area contributed by atoms with Gasteiger partial charge in [-0.2, -0.15) is 0 Å². The molecule has 6 heteroatoms. The number of hydrogen-bond donors (Lipinski definition) is 2. The number of carbonyl (C=O) groups is 1. The number of nitrogens with one attached hydrogen (secondary N) is 1. The average Bonchev–Trinajstić information content (AvgIpc) is 2.48. The van der Waals surface area contributed by atoms with Crippen LogP contribution in [0.1, 0.15) is 15.9 Å². The number of carbonyl (C=O) groups excluding carboxylic acids is 1. The summed E-state index contributed by atoms with van der Waals surface area (Å²) in [6.45, 7) is 6.06. The number of rotatable bonds is 3. The minimum Gasteiger partial charge on any atom is -0.395 e. The zero-order valence-electron chi connectivity index (χ0n) is 12.2. The minimum absolute atomic E-state index is 0.165. The average molecular weight is 307 g/mol. The highest BCUT2D eigenvalue weighted by atomic mass is 32.1. The second-order valence-electron chi connectivity index (χ2n) is 5.18. The molecule has 0 bridgehead atoms. The van der Waals surface area contributed by atoms with Crippen LogP contribution < -0.4 is 5.32 Å². The maximum atomic E-state index is 12.1. The molecule has 1 saturated heterocycles. The third-order valence-electron chi connectivity index (χ3n) is 3.58. The van der Waals surface area contributed by atoms with Gasteiger partial charge < -0.3 is 10.0 Å². The summed E-state index contributed by atoms with van der Waals surface area (Å²) in [4.78, 5) is 16.3. The van der Waals surface area contributed by atoms with Crippen LogP contribution in [0, 0.1) is 6.92 Å². The van der Waals surface area contributed by atoms with Crippen molar-refractivity contribution in [2.75, 3.05) is 39.3 Å². The van der Waals surface area contributed by atoms with Crippen LogP contribution in [0.15, 0.2) is 24.3 Å². The third-order valence-corrected chi connectivity index (χ3v) is 3.94. The van der Waals surface area contributed by atoms with Crippen LogP contribution in [0.3, 0.4) is 0 Å². The zero-order chi connectivity index (χ0) is 15.2. The van der Waals surface area contributed by atoms with E-state index in [2.05, 4.69) is 10.2 Å². The van der Waals surface area contributed by atoms with E-state index in [1.54, 1.807) is 6.07 Å². The first kappa shape index (κ1) is 15.9. The molecule has 114 valence electrons. The van der Waals surface area contributed by atoms with Gasteiger partial charge in [0, 0.05) is 38.3 Å². The number of aliphatic hydroxyl groups excluding tert-OH is 1. The van der Waals surface area contributed by atoms with E-state index < -0.39 is 0 Å². The SMILES string of the molecule is Cc1cccc(C(=O)NC(=S)N2CCN(CCO)CC2)c1. The van der Waals surface area contributed by atoms with Crippen molar-refractivity contribution >= 4 is 23.2 Å². The number of aliphatic hydroxyl groups is 1. The van der Waals surface area contributed by atoms with Gasteiger partial charge in [-0.25, -0.2) is 0 Å². The number of amides is 1. The highest BCUT2D eigenvalue weighted by Gasteiger charge is 2.19. The summed E-state index contributed by atoms with van der Waals surface area (Å²) in [7, 11) is 0. The molecule has 2 rings (SSSR count). The first-order valence-electron chi connectivity index (χ1n) is 7.10. The van der Waals surface area contributed by atoms with E-state index >= 15 is 0 Å². The van der Waals surface area contributed by atoms with Gasteiger partial charge in [-0.3, -0.25) is 15.0 Å². The van der Waals surface area contributed by atoms with Gasteiger partial charge in [0.15, 0.2) is 5.11 Å². The topological polar surface area (TPSA) is 55.8 Å². The number of thiocarbonyl (C=S) groups is 1. The van der Waals surface area contributed by atoms with Crippen LogP contribution in [-0.2, 0) is 0 Å². The van der Waals surface area contributed by atoms with Crippen LogP contribution in [-0.4, -0.2) is 65.3 Å². The zero-order valence-corrected chi connectivity index (χ0v) is 13.0. The molecular formula is C15H21N3O2S. The molecule has 0 aliphatic carbocycles. The Morgan fingerprint density at radius 3 is 2.67 bits per heavy atom. The summed E-state index contributed by atoms with van der Waals surface area (Å²) in [6.07, 6.45) is 0. The Labute approximate surface area is 130 Å². The molecule has 2 N–H and O–H groups in total. The molecule has 0 radical (unpaired) electrons. The third kappa shape index (κ3) is 4.49. The molecule has 21 heavy (non-hydrogen) atoms. The molecule has 0 saturated carbocycles. The molecule has 0 atom stereocenters. The largest absolute Gasteiger partial charge is 0.395 e. The number of hydrogen-bond acceptors (Lipinski definition) is 4. The Kier molecular flexibility index (Phi) is 5.67. The van der Waals surface area contributed by atoms with Gasteiger partial charge in [-0.1, -0.05) is 17.7 Å². The number of benzene rings is 1. The molecule has 1 aromatic carbocycles. The van der Waals surface area contributed by atoms with Crippen molar-refractivity contribution in [2.45, 2.75) is 6.92 Å². The van der Waals surface area contributed by atoms with Crippen molar-refractivity contribution in [3.8, 4) is 0 Å². The van der Waals surface area contributed by atoms with E-state index in [0.717, 1.165) is 31.7 Å². The van der Waals surface area contributed by atoms with E-state index in [-0.39, 0.29) is 12.5 Å². The summed E-state index contributed by atoms with van der Waals surface area (Å²) in [5.41, 5.74) is 1.67. The fourth-order valence-electron chi connectivity index (χ4n) is 2.35. The predicted octanol–water partition coefficient (Wildman–Crippen LogP) is 0.620. The van der Waals surface area contributed by atoms with E-state index in [4.69, 9.17) is 17.3 Å². The van der Waals surface area contributed by atoms with E-state index in [0.29, 0.717) is 17.2 Å². The summed E-state index contributed by atoms with van der Waals surface area (Å²) in [5.74, 6) is -0.165. The maximum absolute atomic E-state index is 12.1. The Morgan fingerprint density at radius 2 is 2.05 bits per heavy atom. The normalized spacial score (nSPS) is 15.8. The van der Waals surface area contributed by atoms with Gasteiger partial charge in [0.1, 0.15) is 0 Å². The molecule has 1 fully saturated rings. The van der Waals surface area contributed by atoms with Crippen LogP contribution >= 0.6 is 12.2 Å². The molecule has 0 spiro atoms. The molecule has 1 heterocycles. The van der Waals surface area contributed by atoms with Crippen molar-refractivity contribution in [2.24, 2.45) is 0 Å². The van der Waals surface area contributed by atoms with Crippen LogP contribution in [0.25, 0.3) is 0 Å². The molecule has 1 amide bonds. The first-order chi connectivity index (χ1) is 10.1. The molecular weight excluding hydrogens is 286 g/mol. The summed E-state index contributed by atoms with van der Waals surface area (Å²) in [5, 5.41) is 12.2. The highest BCUT2D eigenvalue weighted by Crippen LogP contribution is 2.05. The second-order valence-corrected chi connectivity index (χ2v) is 5.57. The highest BCUT2D eigenvalue weighted by molar-refractivity contribution is 7.80. The number of piperazine rings is 1. The summed E-state index contributed by atoms with van der Waals surface area (Å²) in [6, 6.07) is 7.44. The summed E-state index contributed by atoms with van der Waals surface area (Å²) < 4.78 is 0. The van der Waals surface area contributed by atoms with Crippen molar-refractivity contribution in [3.05, 3.63) is 35.4 Å².